The highest BCUT2D eigenvalue weighted by Gasteiger charge is 2.58. The number of carboxylic acid groups (broad SMARTS) is 2. The Morgan fingerprint density at radius 1 is 0.833 bits per heavy atom. The molecule has 0 spiro atoms. The van der Waals surface area contributed by atoms with Crippen LogP contribution in [-0.2, 0) is 26.3 Å². The summed E-state index contributed by atoms with van der Waals surface area (Å²) < 4.78 is 1.84. The first-order valence-corrected chi connectivity index (χ1v) is 13.4. The SMILES string of the molecule is Nc1cccc2c1C(CCC(=O)O)(C(=O)c1cc3c4ccccc4n(CCC(=O)O)c3cn1)C(=O)N2c1ccccc1. The van der Waals surface area contributed by atoms with E-state index >= 15 is 0 Å². The number of para-hydroxylation sites is 2. The molecule has 0 fully saturated rings. The number of nitrogens with two attached hydrogens (primary N) is 1. The van der Waals surface area contributed by atoms with Crippen LogP contribution in [-0.4, -0.2) is 43.4 Å². The van der Waals surface area contributed by atoms with E-state index in [4.69, 9.17) is 5.73 Å². The number of hydrogen-bond donors (Lipinski definition) is 3. The van der Waals surface area contributed by atoms with Gasteiger partial charge < -0.3 is 20.5 Å². The fourth-order valence-electron chi connectivity index (χ4n) is 6.04. The maximum atomic E-state index is 14.6. The molecule has 1 aliphatic rings. The lowest BCUT2D eigenvalue weighted by Gasteiger charge is -2.27. The predicted molar refractivity (Wildman–Crippen MR) is 157 cm³/mol. The number of aryl methyl sites for hydroxylation is 1. The van der Waals surface area contributed by atoms with Crippen LogP contribution in [0.4, 0.5) is 17.1 Å². The number of Topliss-reactive ketones (excluding diaryl/α,β-unsaturated/α-hetero) is 1. The first-order valence-electron chi connectivity index (χ1n) is 13.4. The summed E-state index contributed by atoms with van der Waals surface area (Å²) >= 11 is 0. The van der Waals surface area contributed by atoms with Crippen molar-refractivity contribution in [1.29, 1.82) is 0 Å². The Morgan fingerprint density at radius 2 is 1.55 bits per heavy atom. The molecule has 10 nitrogen and oxygen atoms in total. The summed E-state index contributed by atoms with van der Waals surface area (Å²) in [4.78, 5) is 58.1. The fourth-order valence-corrected chi connectivity index (χ4v) is 6.04. The summed E-state index contributed by atoms with van der Waals surface area (Å²) in [5.41, 5.74) is 7.30. The Balaban J connectivity index is 1.56. The number of nitrogen functional groups attached to an aromatic ring is 1. The van der Waals surface area contributed by atoms with E-state index in [2.05, 4.69) is 4.98 Å². The number of nitrogens with zero attached hydrogens (tertiary/aromatic N) is 3. The van der Waals surface area contributed by atoms with Crippen LogP contribution in [0, 0.1) is 0 Å². The number of hydrogen-bond acceptors (Lipinski definition) is 6. The molecule has 10 heteroatoms. The van der Waals surface area contributed by atoms with Gasteiger partial charge in [-0.3, -0.25) is 29.1 Å². The highest BCUT2D eigenvalue weighted by molar-refractivity contribution is 6.29. The number of rotatable bonds is 9. The second kappa shape index (κ2) is 10.2. The van der Waals surface area contributed by atoms with Crippen molar-refractivity contribution in [2.24, 2.45) is 0 Å². The van der Waals surface area contributed by atoms with Gasteiger partial charge >= 0.3 is 11.9 Å². The number of carboxylic acids is 2. The number of benzene rings is 3. The number of aliphatic carboxylic acids is 2. The van der Waals surface area contributed by atoms with Gasteiger partial charge in [0, 0.05) is 46.2 Å². The van der Waals surface area contributed by atoms with E-state index in [1.165, 1.54) is 11.1 Å². The van der Waals surface area contributed by atoms with E-state index in [1.807, 2.05) is 28.8 Å². The monoisotopic (exact) mass is 562 g/mol. The van der Waals surface area contributed by atoms with Gasteiger partial charge in [-0.25, -0.2) is 0 Å². The van der Waals surface area contributed by atoms with Crippen LogP contribution in [0.5, 0.6) is 0 Å². The van der Waals surface area contributed by atoms with Crippen LogP contribution in [0.3, 0.4) is 0 Å². The highest BCUT2D eigenvalue weighted by atomic mass is 16.4. The van der Waals surface area contributed by atoms with E-state index in [0.717, 1.165) is 10.9 Å². The van der Waals surface area contributed by atoms with Crippen LogP contribution in [0.2, 0.25) is 0 Å². The summed E-state index contributed by atoms with van der Waals surface area (Å²) in [6.45, 7) is 0.200. The largest absolute Gasteiger partial charge is 0.481 e. The Bertz CT molecular complexity index is 1920. The average molecular weight is 563 g/mol. The fraction of sp³-hybridized carbons (Fsp3) is 0.156. The number of fused-ring (bicyclic) bond motifs is 4. The molecular formula is C32H26N4O6. The molecule has 3 aromatic carbocycles. The molecule has 0 radical (unpaired) electrons. The summed E-state index contributed by atoms with van der Waals surface area (Å²) in [5, 5.41) is 20.4. The van der Waals surface area contributed by atoms with E-state index in [0.29, 0.717) is 22.3 Å². The van der Waals surface area contributed by atoms with Gasteiger partial charge in [0.05, 0.1) is 23.8 Å². The third-order valence-electron chi connectivity index (χ3n) is 7.87. The Kier molecular flexibility index (Phi) is 6.45. The summed E-state index contributed by atoms with van der Waals surface area (Å²) in [6, 6.07) is 22.8. The number of amides is 1. The molecule has 1 amide bonds. The van der Waals surface area contributed by atoms with Crippen molar-refractivity contribution in [3.63, 3.8) is 0 Å². The van der Waals surface area contributed by atoms with Crippen molar-refractivity contribution in [3.8, 4) is 0 Å². The van der Waals surface area contributed by atoms with Crippen LogP contribution in [0.15, 0.2) is 85.1 Å². The van der Waals surface area contributed by atoms with Crippen molar-refractivity contribution in [3.05, 3.63) is 96.3 Å². The third kappa shape index (κ3) is 4.07. The molecule has 4 N–H and O–H groups in total. The van der Waals surface area contributed by atoms with Crippen molar-refractivity contribution < 1.29 is 29.4 Å². The molecule has 0 aliphatic carbocycles. The zero-order valence-corrected chi connectivity index (χ0v) is 22.4. The van der Waals surface area contributed by atoms with E-state index < -0.39 is 35.5 Å². The second-order valence-electron chi connectivity index (χ2n) is 10.2. The molecule has 3 heterocycles. The van der Waals surface area contributed by atoms with Crippen molar-refractivity contribution in [2.75, 3.05) is 10.6 Å². The normalized spacial score (nSPS) is 16.2. The van der Waals surface area contributed by atoms with Crippen molar-refractivity contribution in [2.45, 2.75) is 31.2 Å². The minimum atomic E-state index is -1.93. The number of carbonyl (C=O) groups is 4. The number of anilines is 3. The van der Waals surface area contributed by atoms with Gasteiger partial charge in [-0.15, -0.1) is 0 Å². The van der Waals surface area contributed by atoms with Crippen LogP contribution >= 0.6 is 0 Å². The Labute approximate surface area is 239 Å². The summed E-state index contributed by atoms with van der Waals surface area (Å²) in [5.74, 6) is -3.36. The van der Waals surface area contributed by atoms with E-state index in [9.17, 15) is 29.4 Å². The first-order chi connectivity index (χ1) is 20.2. The molecule has 0 saturated heterocycles. The molecule has 42 heavy (non-hydrogen) atoms. The molecule has 1 atom stereocenters. The van der Waals surface area contributed by atoms with Crippen molar-refractivity contribution in [1.82, 2.24) is 9.55 Å². The van der Waals surface area contributed by atoms with Gasteiger partial charge in [-0.2, -0.15) is 0 Å². The number of aromatic nitrogens is 2. The van der Waals surface area contributed by atoms with Gasteiger partial charge in [-0.1, -0.05) is 42.5 Å². The maximum Gasteiger partial charge on any atom is 0.305 e. The first kappa shape index (κ1) is 26.7. The van der Waals surface area contributed by atoms with Crippen LogP contribution in [0.25, 0.3) is 21.8 Å². The predicted octanol–water partition coefficient (Wildman–Crippen LogP) is 4.91. The third-order valence-corrected chi connectivity index (χ3v) is 7.87. The topological polar surface area (TPSA) is 156 Å². The molecule has 1 unspecified atom stereocenters. The van der Waals surface area contributed by atoms with E-state index in [-0.39, 0.29) is 36.3 Å². The standard InChI is InChI=1S/C32H26N4O6/c33-22-10-6-12-25-29(22)32(15-13-27(37)38,31(42)36(25)19-7-2-1-3-8-19)30(41)23-17-21-20-9-4-5-11-24(20)35(16-14-28(39)40)26(21)18-34-23/h1-12,17-18H,13-16,33H2,(H,37,38)(H,39,40). The lowest BCUT2D eigenvalue weighted by atomic mass is 9.72. The molecule has 2 aromatic heterocycles. The lowest BCUT2D eigenvalue weighted by Crippen LogP contribution is -2.46. The molecule has 210 valence electrons. The summed E-state index contributed by atoms with van der Waals surface area (Å²) in [7, 11) is 0. The smallest absolute Gasteiger partial charge is 0.305 e. The van der Waals surface area contributed by atoms with Gasteiger partial charge in [0.25, 0.3) is 0 Å². The van der Waals surface area contributed by atoms with Crippen LogP contribution < -0.4 is 10.6 Å². The van der Waals surface area contributed by atoms with Crippen LogP contribution in [0.1, 0.15) is 35.3 Å². The van der Waals surface area contributed by atoms with E-state index in [1.54, 1.807) is 54.6 Å². The van der Waals surface area contributed by atoms with Gasteiger partial charge in [0.1, 0.15) is 11.1 Å². The molecule has 6 rings (SSSR count). The second-order valence-corrected chi connectivity index (χ2v) is 10.2. The van der Waals surface area contributed by atoms with Gasteiger partial charge in [0.15, 0.2) is 0 Å². The minimum absolute atomic E-state index is 0.0218. The zero-order chi connectivity index (χ0) is 29.6. The number of ketones is 1. The molecule has 0 bridgehead atoms. The molecule has 1 aliphatic heterocycles. The van der Waals surface area contributed by atoms with Crippen molar-refractivity contribution >= 4 is 62.5 Å². The highest BCUT2D eigenvalue weighted by Crippen LogP contribution is 2.52. The molecular weight excluding hydrogens is 536 g/mol. The minimum Gasteiger partial charge on any atom is -0.481 e. The zero-order valence-electron chi connectivity index (χ0n) is 22.4. The Morgan fingerprint density at radius 3 is 2.29 bits per heavy atom. The Hall–Kier alpha value is -5.51. The maximum absolute atomic E-state index is 14.6. The van der Waals surface area contributed by atoms with Gasteiger partial charge in [-0.05, 0) is 42.8 Å². The number of pyridine rings is 1. The molecule has 0 saturated carbocycles. The van der Waals surface area contributed by atoms with Gasteiger partial charge in [0.2, 0.25) is 11.7 Å². The number of carbonyl (C=O) groups excluding carboxylic acids is 2. The summed E-state index contributed by atoms with van der Waals surface area (Å²) in [6.07, 6.45) is 0.626. The quantitative estimate of drug-likeness (QED) is 0.130. The molecule has 5 aromatic rings. The average Bonchev–Trinajstić information content (AvgIpc) is 3.44. The lowest BCUT2D eigenvalue weighted by molar-refractivity contribution is -0.138.